The molecule has 4 nitrogen and oxygen atoms in total. The third-order valence-electron chi connectivity index (χ3n) is 1.51. The third-order valence-corrected chi connectivity index (χ3v) is 1.51. The molecule has 1 rings (SSSR count). The van der Waals surface area contributed by atoms with Crippen LogP contribution >= 0.6 is 0 Å². The first kappa shape index (κ1) is 10.1. The van der Waals surface area contributed by atoms with E-state index in [0.29, 0.717) is 12.4 Å². The fourth-order valence-corrected chi connectivity index (χ4v) is 0.887. The van der Waals surface area contributed by atoms with Crippen molar-refractivity contribution in [1.82, 2.24) is 20.0 Å². The first-order chi connectivity index (χ1) is 6.11. The Balaban J connectivity index is 2.60. The van der Waals surface area contributed by atoms with Crippen LogP contribution in [0.15, 0.2) is 12.4 Å². The Kier molecular flexibility index (Phi) is 3.32. The molecule has 0 amide bonds. The van der Waals surface area contributed by atoms with E-state index in [1.807, 2.05) is 0 Å². The molecule has 0 fully saturated rings. The summed E-state index contributed by atoms with van der Waals surface area (Å²) in [5.41, 5.74) is 2.86. The Bertz CT molecular complexity index is 259. The van der Waals surface area contributed by atoms with Crippen molar-refractivity contribution in [3.63, 3.8) is 0 Å². The van der Waals surface area contributed by atoms with Crippen molar-refractivity contribution in [3.8, 4) is 0 Å². The zero-order chi connectivity index (χ0) is 9.84. The Morgan fingerprint density at radius 3 is 2.85 bits per heavy atom. The molecule has 0 radical (unpaired) electrons. The minimum absolute atomic E-state index is 0.296. The van der Waals surface area contributed by atoms with E-state index in [0.717, 1.165) is 4.57 Å². The van der Waals surface area contributed by atoms with Gasteiger partial charge in [-0.1, -0.05) is 0 Å². The summed E-state index contributed by atoms with van der Waals surface area (Å²) in [4.78, 5) is 3.80. The van der Waals surface area contributed by atoms with E-state index >= 15 is 0 Å². The van der Waals surface area contributed by atoms with E-state index in [-0.39, 0.29) is 0 Å². The molecule has 6 heteroatoms. The number of halogens is 2. The highest BCUT2D eigenvalue weighted by atomic mass is 19.3. The molecule has 74 valence electrons. The van der Waals surface area contributed by atoms with E-state index in [4.69, 9.17) is 0 Å². The second kappa shape index (κ2) is 4.29. The Morgan fingerprint density at radius 2 is 2.31 bits per heavy atom. The van der Waals surface area contributed by atoms with Gasteiger partial charge in [-0.05, 0) is 0 Å². The van der Waals surface area contributed by atoms with Crippen LogP contribution in [0.4, 0.5) is 8.78 Å². The molecule has 0 aliphatic heterocycles. The maximum absolute atomic E-state index is 12.3. The Morgan fingerprint density at radius 1 is 1.62 bits per heavy atom. The molecule has 0 bridgehead atoms. The summed E-state index contributed by atoms with van der Waals surface area (Å²) in [6.45, 7) is -2.23. The fourth-order valence-electron chi connectivity index (χ4n) is 0.887. The highest BCUT2D eigenvalue weighted by Gasteiger charge is 2.10. The van der Waals surface area contributed by atoms with Crippen molar-refractivity contribution >= 4 is 0 Å². The van der Waals surface area contributed by atoms with Crippen molar-refractivity contribution in [1.29, 1.82) is 0 Å². The first-order valence-corrected chi connectivity index (χ1v) is 3.82. The maximum Gasteiger partial charge on any atom is 0.319 e. The van der Waals surface area contributed by atoms with Gasteiger partial charge in [0.1, 0.15) is 5.82 Å². The number of alkyl halides is 2. The summed E-state index contributed by atoms with van der Waals surface area (Å²) in [6, 6.07) is 0. The number of nitrogens with zero attached hydrogens (tertiary/aromatic N) is 3. The molecule has 0 saturated carbocycles. The minimum atomic E-state index is -2.53. The molecular weight excluding hydrogens is 178 g/mol. The lowest BCUT2D eigenvalue weighted by atomic mass is 10.6. The summed E-state index contributed by atoms with van der Waals surface area (Å²) in [5, 5.41) is 1.69. The van der Waals surface area contributed by atoms with Crippen molar-refractivity contribution in [2.45, 2.75) is 13.1 Å². The SMILES string of the molecule is CN(C)NCc1nccn1C(F)F. The lowest BCUT2D eigenvalue weighted by Gasteiger charge is -2.12. The van der Waals surface area contributed by atoms with Gasteiger partial charge in [0.05, 0.1) is 6.54 Å². The number of rotatable bonds is 4. The van der Waals surface area contributed by atoms with E-state index in [1.54, 1.807) is 19.1 Å². The van der Waals surface area contributed by atoms with Crippen LogP contribution in [-0.2, 0) is 6.54 Å². The molecule has 0 saturated heterocycles. The summed E-state index contributed by atoms with van der Waals surface area (Å²) >= 11 is 0. The average molecular weight is 190 g/mol. The molecule has 0 spiro atoms. The standard InChI is InChI=1S/C7H12F2N4/c1-12(2)11-5-6-10-3-4-13(6)7(8)9/h3-4,7,11H,5H2,1-2H3. The Hall–Kier alpha value is -1.01. The quantitative estimate of drug-likeness (QED) is 0.714. The van der Waals surface area contributed by atoms with Gasteiger partial charge in [0.15, 0.2) is 0 Å². The molecule has 13 heavy (non-hydrogen) atoms. The Labute approximate surface area is 75.1 Å². The third kappa shape index (κ3) is 2.74. The van der Waals surface area contributed by atoms with Gasteiger partial charge >= 0.3 is 6.55 Å². The van der Waals surface area contributed by atoms with Gasteiger partial charge in [-0.3, -0.25) is 9.58 Å². The second-order valence-corrected chi connectivity index (χ2v) is 2.76. The van der Waals surface area contributed by atoms with Crippen LogP contribution in [0.25, 0.3) is 0 Å². The van der Waals surface area contributed by atoms with E-state index in [1.165, 1.54) is 12.4 Å². The molecule has 1 aromatic heterocycles. The molecule has 1 aromatic rings. The van der Waals surface area contributed by atoms with Crippen LogP contribution in [0.3, 0.4) is 0 Å². The van der Waals surface area contributed by atoms with Gasteiger partial charge < -0.3 is 0 Å². The van der Waals surface area contributed by atoms with Crippen LogP contribution < -0.4 is 5.43 Å². The molecular formula is C7H12F2N4. The maximum atomic E-state index is 12.3. The largest absolute Gasteiger partial charge is 0.319 e. The number of hydrogen-bond acceptors (Lipinski definition) is 3. The number of nitrogens with one attached hydrogen (secondary N) is 1. The molecule has 0 unspecified atom stereocenters. The van der Waals surface area contributed by atoms with Crippen LogP contribution in [-0.4, -0.2) is 28.7 Å². The van der Waals surface area contributed by atoms with Crippen molar-refractivity contribution in [2.75, 3.05) is 14.1 Å². The summed E-state index contributed by atoms with van der Waals surface area (Å²) in [6.07, 6.45) is 2.62. The zero-order valence-electron chi connectivity index (χ0n) is 7.54. The topological polar surface area (TPSA) is 33.1 Å². The monoisotopic (exact) mass is 190 g/mol. The van der Waals surface area contributed by atoms with Crippen LogP contribution in [0.1, 0.15) is 12.4 Å². The summed E-state index contributed by atoms with van der Waals surface area (Å²) in [5.74, 6) is 0.323. The molecule has 0 aromatic carbocycles. The van der Waals surface area contributed by atoms with Gasteiger partial charge in [0.25, 0.3) is 0 Å². The predicted octanol–water partition coefficient (Wildman–Crippen LogP) is 0.844. The normalized spacial score (nSPS) is 11.5. The highest BCUT2D eigenvalue weighted by Crippen LogP contribution is 2.11. The van der Waals surface area contributed by atoms with E-state index < -0.39 is 6.55 Å². The molecule has 1 heterocycles. The zero-order valence-corrected chi connectivity index (χ0v) is 7.54. The lowest BCUT2D eigenvalue weighted by molar-refractivity contribution is 0.0655. The number of hydrogen-bond donors (Lipinski definition) is 1. The number of aromatic nitrogens is 2. The molecule has 1 N–H and O–H groups in total. The fraction of sp³-hybridized carbons (Fsp3) is 0.571. The van der Waals surface area contributed by atoms with Crippen molar-refractivity contribution in [2.24, 2.45) is 0 Å². The van der Waals surface area contributed by atoms with Gasteiger partial charge in [-0.25, -0.2) is 10.4 Å². The number of imidazole rings is 1. The van der Waals surface area contributed by atoms with Gasteiger partial charge in [0.2, 0.25) is 0 Å². The first-order valence-electron chi connectivity index (χ1n) is 3.82. The van der Waals surface area contributed by atoms with Gasteiger partial charge in [0, 0.05) is 26.5 Å². The van der Waals surface area contributed by atoms with E-state index in [9.17, 15) is 8.78 Å². The molecule has 0 atom stereocenters. The summed E-state index contributed by atoms with van der Waals surface area (Å²) in [7, 11) is 3.57. The van der Waals surface area contributed by atoms with Gasteiger partial charge in [-0.15, -0.1) is 0 Å². The summed E-state index contributed by atoms with van der Waals surface area (Å²) < 4.78 is 25.4. The van der Waals surface area contributed by atoms with Crippen molar-refractivity contribution < 1.29 is 8.78 Å². The number of hydrazine groups is 1. The smallest absolute Gasteiger partial charge is 0.276 e. The minimum Gasteiger partial charge on any atom is -0.276 e. The van der Waals surface area contributed by atoms with Crippen LogP contribution in [0.5, 0.6) is 0 Å². The van der Waals surface area contributed by atoms with Crippen LogP contribution in [0, 0.1) is 0 Å². The highest BCUT2D eigenvalue weighted by molar-refractivity contribution is 4.91. The molecule has 0 aliphatic carbocycles. The van der Waals surface area contributed by atoms with Crippen LogP contribution in [0.2, 0.25) is 0 Å². The predicted molar refractivity (Wildman–Crippen MR) is 44.0 cm³/mol. The average Bonchev–Trinajstić information content (AvgIpc) is 2.47. The van der Waals surface area contributed by atoms with Crippen molar-refractivity contribution in [3.05, 3.63) is 18.2 Å². The molecule has 0 aliphatic rings. The van der Waals surface area contributed by atoms with E-state index in [2.05, 4.69) is 10.4 Å². The van der Waals surface area contributed by atoms with Gasteiger partial charge in [-0.2, -0.15) is 8.78 Å². The lowest BCUT2D eigenvalue weighted by Crippen LogP contribution is -2.30. The second-order valence-electron chi connectivity index (χ2n) is 2.76.